The first-order chi connectivity index (χ1) is 13.1. The summed E-state index contributed by atoms with van der Waals surface area (Å²) in [4.78, 5) is 8.23. The molecule has 8 nitrogen and oxygen atoms in total. The molecule has 1 aromatic carbocycles. The van der Waals surface area contributed by atoms with Crippen LogP contribution in [0.4, 0.5) is 0 Å². The Morgan fingerprint density at radius 1 is 1.30 bits per heavy atom. The summed E-state index contributed by atoms with van der Waals surface area (Å²) in [6, 6.07) is 6.92. The first kappa shape index (κ1) is 17.7. The molecule has 0 N–H and O–H groups in total. The smallest absolute Gasteiger partial charge is 0.251 e. The lowest BCUT2D eigenvalue weighted by molar-refractivity contribution is 0.124. The second-order valence-corrected chi connectivity index (χ2v) is 8.37. The van der Waals surface area contributed by atoms with Crippen LogP contribution in [-0.4, -0.2) is 48.5 Å². The molecule has 140 valence electrons. The number of benzene rings is 1. The number of rotatable bonds is 4. The SMILES string of the molecule is N#Cc1nccnc1OC1CCCN(S(=O)(=O)c2ccc3c(c2)CCO3)C1. The number of piperidine rings is 1. The minimum Gasteiger partial charge on any atom is -0.493 e. The molecule has 0 radical (unpaired) electrons. The second kappa shape index (κ2) is 7.13. The molecule has 0 spiro atoms. The van der Waals surface area contributed by atoms with Crippen molar-refractivity contribution < 1.29 is 17.9 Å². The summed E-state index contributed by atoms with van der Waals surface area (Å²) < 4.78 is 38.8. The molecule has 1 aromatic heterocycles. The average molecular weight is 386 g/mol. The molecule has 0 aliphatic carbocycles. The van der Waals surface area contributed by atoms with Gasteiger partial charge in [0.15, 0.2) is 0 Å². The van der Waals surface area contributed by atoms with Gasteiger partial charge in [-0.2, -0.15) is 9.57 Å². The number of hydrogen-bond acceptors (Lipinski definition) is 7. The molecule has 4 rings (SSSR count). The fourth-order valence-corrected chi connectivity index (χ4v) is 4.90. The Labute approximate surface area is 157 Å². The van der Waals surface area contributed by atoms with Crippen molar-refractivity contribution >= 4 is 10.0 Å². The van der Waals surface area contributed by atoms with E-state index in [0.29, 0.717) is 32.4 Å². The van der Waals surface area contributed by atoms with Crippen molar-refractivity contribution in [3.8, 4) is 17.7 Å². The number of fused-ring (bicyclic) bond motifs is 1. The number of hydrogen-bond donors (Lipinski definition) is 0. The minimum atomic E-state index is -3.63. The van der Waals surface area contributed by atoms with Crippen molar-refractivity contribution in [2.45, 2.75) is 30.3 Å². The summed E-state index contributed by atoms with van der Waals surface area (Å²) in [5.74, 6) is 0.888. The van der Waals surface area contributed by atoms with Gasteiger partial charge in [0.05, 0.1) is 18.0 Å². The zero-order valence-electron chi connectivity index (χ0n) is 14.5. The third-order valence-corrected chi connectivity index (χ3v) is 6.55. The first-order valence-corrected chi connectivity index (χ1v) is 10.2. The van der Waals surface area contributed by atoms with Crippen LogP contribution in [0.25, 0.3) is 0 Å². The van der Waals surface area contributed by atoms with Crippen molar-refractivity contribution in [2.75, 3.05) is 19.7 Å². The van der Waals surface area contributed by atoms with Crippen LogP contribution in [0.5, 0.6) is 11.6 Å². The van der Waals surface area contributed by atoms with E-state index in [9.17, 15) is 8.42 Å². The topological polar surface area (TPSA) is 105 Å². The van der Waals surface area contributed by atoms with E-state index < -0.39 is 10.0 Å². The number of ether oxygens (including phenoxy) is 2. The van der Waals surface area contributed by atoms with Crippen LogP contribution in [0.15, 0.2) is 35.5 Å². The molecule has 2 aliphatic rings. The molecule has 2 aromatic rings. The summed E-state index contributed by atoms with van der Waals surface area (Å²) in [6.07, 6.45) is 4.55. The molecule has 1 fully saturated rings. The summed E-state index contributed by atoms with van der Waals surface area (Å²) in [5, 5.41) is 9.11. The van der Waals surface area contributed by atoms with E-state index in [-0.39, 0.29) is 29.1 Å². The molecule has 0 amide bonds. The van der Waals surface area contributed by atoms with Crippen LogP contribution in [-0.2, 0) is 16.4 Å². The summed E-state index contributed by atoms with van der Waals surface area (Å²) in [7, 11) is -3.63. The Morgan fingerprint density at radius 3 is 3.00 bits per heavy atom. The average Bonchev–Trinajstić information content (AvgIpc) is 3.16. The van der Waals surface area contributed by atoms with Crippen LogP contribution in [0.1, 0.15) is 24.1 Å². The van der Waals surface area contributed by atoms with Gasteiger partial charge in [-0.05, 0) is 36.6 Å². The van der Waals surface area contributed by atoms with Gasteiger partial charge in [0, 0.05) is 25.4 Å². The highest BCUT2D eigenvalue weighted by Crippen LogP contribution is 2.30. The van der Waals surface area contributed by atoms with Gasteiger partial charge in [0.1, 0.15) is 17.9 Å². The highest BCUT2D eigenvalue weighted by Gasteiger charge is 2.32. The normalized spacial score (nSPS) is 19.7. The van der Waals surface area contributed by atoms with E-state index in [4.69, 9.17) is 14.7 Å². The molecule has 0 saturated carbocycles. The monoisotopic (exact) mass is 386 g/mol. The lowest BCUT2D eigenvalue weighted by Crippen LogP contribution is -2.44. The van der Waals surface area contributed by atoms with Crippen LogP contribution >= 0.6 is 0 Å². The Morgan fingerprint density at radius 2 is 2.15 bits per heavy atom. The molecule has 9 heteroatoms. The predicted molar refractivity (Wildman–Crippen MR) is 94.8 cm³/mol. The van der Waals surface area contributed by atoms with Crippen LogP contribution in [0, 0.1) is 11.3 Å². The van der Waals surface area contributed by atoms with Crippen molar-refractivity contribution in [1.82, 2.24) is 14.3 Å². The third kappa shape index (κ3) is 3.46. The minimum absolute atomic E-state index is 0.0936. The molecular weight excluding hydrogens is 368 g/mol. The van der Waals surface area contributed by atoms with Crippen LogP contribution in [0.3, 0.4) is 0 Å². The van der Waals surface area contributed by atoms with E-state index in [1.807, 2.05) is 6.07 Å². The Bertz CT molecular complexity index is 1000. The Kier molecular flexibility index (Phi) is 4.68. The lowest BCUT2D eigenvalue weighted by atomic mass is 10.1. The van der Waals surface area contributed by atoms with Crippen LogP contribution in [0.2, 0.25) is 0 Å². The summed E-state index contributed by atoms with van der Waals surface area (Å²) in [5.41, 5.74) is 1.01. The molecule has 2 aliphatic heterocycles. The van der Waals surface area contributed by atoms with E-state index in [2.05, 4.69) is 9.97 Å². The van der Waals surface area contributed by atoms with Gasteiger partial charge in [-0.1, -0.05) is 0 Å². The second-order valence-electron chi connectivity index (χ2n) is 6.44. The van der Waals surface area contributed by atoms with E-state index in [1.54, 1.807) is 18.2 Å². The maximum atomic E-state index is 13.1. The highest BCUT2D eigenvalue weighted by atomic mass is 32.2. The largest absolute Gasteiger partial charge is 0.493 e. The van der Waals surface area contributed by atoms with Crippen molar-refractivity contribution in [1.29, 1.82) is 5.26 Å². The fraction of sp³-hybridized carbons (Fsp3) is 0.389. The van der Waals surface area contributed by atoms with E-state index in [0.717, 1.165) is 11.3 Å². The maximum absolute atomic E-state index is 13.1. The standard InChI is InChI=1S/C18H18N4O4S/c19-11-16-18(21-7-6-20-16)26-14-2-1-8-22(12-14)27(23,24)15-3-4-17-13(10-15)5-9-25-17/h3-4,6-7,10,14H,1-2,5,8-9,12H2. The molecule has 1 unspecified atom stereocenters. The van der Waals surface area contributed by atoms with Crippen molar-refractivity contribution in [3.05, 3.63) is 41.9 Å². The number of nitriles is 1. The number of nitrogens with zero attached hydrogens (tertiary/aromatic N) is 4. The van der Waals surface area contributed by atoms with Gasteiger partial charge in [-0.25, -0.2) is 18.4 Å². The van der Waals surface area contributed by atoms with Gasteiger partial charge in [-0.15, -0.1) is 0 Å². The van der Waals surface area contributed by atoms with Gasteiger partial charge in [0.25, 0.3) is 5.88 Å². The maximum Gasteiger partial charge on any atom is 0.251 e. The Hall–Kier alpha value is -2.70. The summed E-state index contributed by atoms with van der Waals surface area (Å²) >= 11 is 0. The van der Waals surface area contributed by atoms with Crippen molar-refractivity contribution in [2.24, 2.45) is 0 Å². The zero-order valence-corrected chi connectivity index (χ0v) is 15.4. The molecule has 1 atom stereocenters. The quantitative estimate of drug-likeness (QED) is 0.784. The lowest BCUT2D eigenvalue weighted by Gasteiger charge is -2.31. The van der Waals surface area contributed by atoms with E-state index >= 15 is 0 Å². The first-order valence-electron chi connectivity index (χ1n) is 8.71. The van der Waals surface area contributed by atoms with Gasteiger partial charge < -0.3 is 9.47 Å². The molecule has 1 saturated heterocycles. The Balaban J connectivity index is 1.53. The van der Waals surface area contributed by atoms with E-state index in [1.165, 1.54) is 16.7 Å². The zero-order chi connectivity index (χ0) is 18.9. The number of sulfonamides is 1. The molecular formula is C18H18N4O4S. The predicted octanol–water partition coefficient (Wildman–Crippen LogP) is 1.52. The molecule has 0 bridgehead atoms. The van der Waals surface area contributed by atoms with Crippen molar-refractivity contribution in [3.63, 3.8) is 0 Å². The summed E-state index contributed by atoms with van der Waals surface area (Å²) in [6.45, 7) is 1.22. The number of aromatic nitrogens is 2. The van der Waals surface area contributed by atoms with Gasteiger partial charge in [0.2, 0.25) is 15.7 Å². The fourth-order valence-electron chi connectivity index (χ4n) is 3.34. The highest BCUT2D eigenvalue weighted by molar-refractivity contribution is 7.89. The van der Waals surface area contributed by atoms with Crippen LogP contribution < -0.4 is 9.47 Å². The van der Waals surface area contributed by atoms with Gasteiger partial charge >= 0.3 is 0 Å². The molecule has 3 heterocycles. The third-order valence-electron chi connectivity index (χ3n) is 4.69. The molecule has 27 heavy (non-hydrogen) atoms. The van der Waals surface area contributed by atoms with Gasteiger partial charge in [-0.3, -0.25) is 0 Å².